The predicted octanol–water partition coefficient (Wildman–Crippen LogP) is 3.51. The van der Waals surface area contributed by atoms with Crippen molar-refractivity contribution in [2.24, 2.45) is 0 Å². The molecule has 1 aromatic carbocycles. The molecule has 6 nitrogen and oxygen atoms in total. The number of nitrogens with zero attached hydrogens (tertiary/aromatic N) is 2. The van der Waals surface area contributed by atoms with Crippen LogP contribution in [0.4, 0.5) is 0 Å². The molecule has 1 aliphatic rings. The van der Waals surface area contributed by atoms with Gasteiger partial charge in [0.2, 0.25) is 5.91 Å². The van der Waals surface area contributed by atoms with Crippen molar-refractivity contribution in [3.05, 3.63) is 35.5 Å². The van der Waals surface area contributed by atoms with E-state index < -0.39 is 15.1 Å². The Balaban J connectivity index is 1.66. The number of hydrogen-bond acceptors (Lipinski definition) is 6. The minimum atomic E-state index is -3.04. The Morgan fingerprint density at radius 3 is 2.70 bits per heavy atom. The second-order valence-electron chi connectivity index (χ2n) is 6.44. The molecule has 0 spiro atoms. The summed E-state index contributed by atoms with van der Waals surface area (Å²) in [6.07, 6.45) is 2.11. The first-order valence-electron chi connectivity index (χ1n) is 8.68. The van der Waals surface area contributed by atoms with Gasteiger partial charge in [-0.15, -0.1) is 0 Å². The van der Waals surface area contributed by atoms with Crippen molar-refractivity contribution < 1.29 is 17.6 Å². The first kappa shape index (κ1) is 20.2. The van der Waals surface area contributed by atoms with Gasteiger partial charge in [0.25, 0.3) is 5.22 Å². The van der Waals surface area contributed by atoms with Crippen molar-refractivity contribution in [1.82, 2.24) is 9.88 Å². The number of halogens is 1. The van der Waals surface area contributed by atoms with Crippen LogP contribution in [0.3, 0.4) is 0 Å². The van der Waals surface area contributed by atoms with Crippen LogP contribution in [0.25, 0.3) is 11.3 Å². The maximum Gasteiger partial charge on any atom is 0.256 e. The number of thioether (sulfide) groups is 1. The number of oxazole rings is 1. The van der Waals surface area contributed by atoms with Crippen molar-refractivity contribution in [2.45, 2.75) is 36.8 Å². The standard InChI is InChI=1S/C18H21ClN2O4S2/c1-3-21(15-8-9-27(23,24)11-15)17(22)12(2)26-18-20-10-16(25-18)13-4-6-14(19)7-5-13/h4-7,10,12,15H,3,8-9,11H2,1-2H3/t12-,15-/m0/s1. The van der Waals surface area contributed by atoms with Gasteiger partial charge in [-0.05, 0) is 44.5 Å². The lowest BCUT2D eigenvalue weighted by atomic mass is 10.2. The van der Waals surface area contributed by atoms with Gasteiger partial charge in [0.1, 0.15) is 0 Å². The summed E-state index contributed by atoms with van der Waals surface area (Å²) in [7, 11) is -3.04. The Hall–Kier alpha value is -1.51. The average molecular weight is 429 g/mol. The normalized spacial score (nSPS) is 19.7. The van der Waals surface area contributed by atoms with Crippen molar-refractivity contribution in [2.75, 3.05) is 18.1 Å². The van der Waals surface area contributed by atoms with Crippen molar-refractivity contribution >= 4 is 39.1 Å². The third kappa shape index (κ3) is 4.86. The van der Waals surface area contributed by atoms with Crippen LogP contribution in [0.2, 0.25) is 5.02 Å². The van der Waals surface area contributed by atoms with Crippen molar-refractivity contribution in [3.63, 3.8) is 0 Å². The largest absolute Gasteiger partial charge is 0.431 e. The quantitative estimate of drug-likeness (QED) is 0.655. The molecule has 9 heteroatoms. The maximum atomic E-state index is 12.8. The maximum absolute atomic E-state index is 12.8. The van der Waals surface area contributed by atoms with E-state index in [1.807, 2.05) is 19.1 Å². The third-order valence-corrected chi connectivity index (χ3v) is 7.46. The summed E-state index contributed by atoms with van der Waals surface area (Å²) in [5.41, 5.74) is 0.851. The highest BCUT2D eigenvalue weighted by Crippen LogP contribution is 2.30. The molecule has 0 radical (unpaired) electrons. The first-order chi connectivity index (χ1) is 12.8. The van der Waals surface area contributed by atoms with E-state index in [0.29, 0.717) is 29.0 Å². The zero-order valence-corrected chi connectivity index (χ0v) is 17.5. The fourth-order valence-corrected chi connectivity index (χ4v) is 5.76. The molecule has 1 amide bonds. The number of carbonyl (C=O) groups excluding carboxylic acids is 1. The lowest BCUT2D eigenvalue weighted by Gasteiger charge is -2.28. The van der Waals surface area contributed by atoms with Crippen LogP contribution in [-0.4, -0.2) is 53.6 Å². The Kier molecular flexibility index (Phi) is 6.18. The molecule has 0 N–H and O–H groups in total. The van der Waals surface area contributed by atoms with Crippen LogP contribution in [0.1, 0.15) is 20.3 Å². The van der Waals surface area contributed by atoms with Gasteiger partial charge in [-0.2, -0.15) is 0 Å². The molecular formula is C18H21ClN2O4S2. The smallest absolute Gasteiger partial charge is 0.256 e. The monoisotopic (exact) mass is 428 g/mol. The summed E-state index contributed by atoms with van der Waals surface area (Å²) in [4.78, 5) is 18.7. The zero-order chi connectivity index (χ0) is 19.6. The fraction of sp³-hybridized carbons (Fsp3) is 0.444. The number of aromatic nitrogens is 1. The predicted molar refractivity (Wildman–Crippen MR) is 107 cm³/mol. The van der Waals surface area contributed by atoms with Crippen LogP contribution in [0.15, 0.2) is 40.1 Å². The fourth-order valence-electron chi connectivity index (χ4n) is 3.11. The molecule has 27 heavy (non-hydrogen) atoms. The molecule has 1 saturated heterocycles. The Bertz CT molecular complexity index is 912. The van der Waals surface area contributed by atoms with Crippen LogP contribution in [-0.2, 0) is 14.6 Å². The minimum Gasteiger partial charge on any atom is -0.431 e. The SMILES string of the molecule is CCN(C(=O)[C@H](C)Sc1ncc(-c2ccc(Cl)cc2)o1)[C@H]1CCS(=O)(=O)C1. The molecule has 0 aliphatic carbocycles. The molecule has 2 atom stereocenters. The van der Waals surface area contributed by atoms with E-state index in [-0.39, 0.29) is 23.5 Å². The van der Waals surface area contributed by atoms with Crippen LogP contribution in [0, 0.1) is 0 Å². The van der Waals surface area contributed by atoms with E-state index in [4.69, 9.17) is 16.0 Å². The van der Waals surface area contributed by atoms with Gasteiger partial charge in [0.15, 0.2) is 15.6 Å². The Morgan fingerprint density at radius 2 is 2.11 bits per heavy atom. The van der Waals surface area contributed by atoms with E-state index >= 15 is 0 Å². The van der Waals surface area contributed by atoms with E-state index in [9.17, 15) is 13.2 Å². The molecule has 1 fully saturated rings. The summed E-state index contributed by atoms with van der Waals surface area (Å²) in [6.45, 7) is 4.13. The third-order valence-electron chi connectivity index (χ3n) is 4.51. The van der Waals surface area contributed by atoms with E-state index in [2.05, 4.69) is 4.98 Å². The summed E-state index contributed by atoms with van der Waals surface area (Å²) < 4.78 is 29.2. The second kappa shape index (κ2) is 8.24. The van der Waals surface area contributed by atoms with Gasteiger partial charge in [-0.25, -0.2) is 13.4 Å². The molecule has 2 aromatic rings. The van der Waals surface area contributed by atoms with Gasteiger partial charge in [-0.3, -0.25) is 4.79 Å². The summed E-state index contributed by atoms with van der Waals surface area (Å²) in [5, 5.41) is 0.613. The van der Waals surface area contributed by atoms with Gasteiger partial charge in [-0.1, -0.05) is 23.4 Å². The number of sulfone groups is 1. The van der Waals surface area contributed by atoms with E-state index in [1.54, 1.807) is 30.2 Å². The molecular weight excluding hydrogens is 408 g/mol. The van der Waals surface area contributed by atoms with E-state index in [1.165, 1.54) is 11.8 Å². The molecule has 1 aromatic heterocycles. The highest BCUT2D eigenvalue weighted by molar-refractivity contribution is 8.00. The molecule has 3 rings (SSSR count). The Labute approximate surface area is 168 Å². The van der Waals surface area contributed by atoms with Crippen molar-refractivity contribution in [3.8, 4) is 11.3 Å². The zero-order valence-electron chi connectivity index (χ0n) is 15.1. The number of benzene rings is 1. The minimum absolute atomic E-state index is 0.0453. The lowest BCUT2D eigenvalue weighted by Crippen LogP contribution is -2.44. The van der Waals surface area contributed by atoms with Gasteiger partial charge in [0.05, 0.1) is 23.0 Å². The van der Waals surface area contributed by atoms with Crippen LogP contribution < -0.4 is 0 Å². The van der Waals surface area contributed by atoms with Crippen molar-refractivity contribution in [1.29, 1.82) is 0 Å². The topological polar surface area (TPSA) is 80.5 Å². The molecule has 2 heterocycles. The summed E-state index contributed by atoms with van der Waals surface area (Å²) in [5.74, 6) is 0.690. The number of carbonyl (C=O) groups is 1. The Morgan fingerprint density at radius 1 is 1.41 bits per heavy atom. The summed E-state index contributed by atoms with van der Waals surface area (Å²) in [6, 6.07) is 6.97. The van der Waals surface area contributed by atoms with E-state index in [0.717, 1.165) is 5.56 Å². The highest BCUT2D eigenvalue weighted by Gasteiger charge is 2.35. The number of rotatable bonds is 6. The molecule has 146 valence electrons. The second-order valence-corrected chi connectivity index (χ2v) is 10.4. The van der Waals surface area contributed by atoms with Gasteiger partial charge in [0, 0.05) is 23.2 Å². The van der Waals surface area contributed by atoms with Crippen LogP contribution in [0.5, 0.6) is 0 Å². The van der Waals surface area contributed by atoms with Crippen LogP contribution >= 0.6 is 23.4 Å². The lowest BCUT2D eigenvalue weighted by molar-refractivity contribution is -0.131. The van der Waals surface area contributed by atoms with Gasteiger partial charge >= 0.3 is 0 Å². The highest BCUT2D eigenvalue weighted by atomic mass is 35.5. The molecule has 0 unspecified atom stereocenters. The number of amides is 1. The average Bonchev–Trinajstić information content (AvgIpc) is 3.22. The first-order valence-corrected chi connectivity index (χ1v) is 11.8. The molecule has 0 saturated carbocycles. The summed E-state index contributed by atoms with van der Waals surface area (Å²) >= 11 is 7.12. The molecule has 0 bridgehead atoms. The van der Waals surface area contributed by atoms with Gasteiger partial charge < -0.3 is 9.32 Å². The number of hydrogen-bond donors (Lipinski definition) is 0. The molecule has 1 aliphatic heterocycles.